The van der Waals surface area contributed by atoms with Crippen molar-refractivity contribution in [3.05, 3.63) is 109 Å². The van der Waals surface area contributed by atoms with Gasteiger partial charge in [-0.05, 0) is 92.9 Å². The summed E-state index contributed by atoms with van der Waals surface area (Å²) in [6, 6.07) is 22.9. The third kappa shape index (κ3) is 5.88. The molecule has 5 rings (SSSR count). The Bertz CT molecular complexity index is 1700. The van der Waals surface area contributed by atoms with Crippen molar-refractivity contribution in [2.45, 2.75) is 13.5 Å². The molecule has 1 fully saturated rings. The first-order valence-electron chi connectivity index (χ1n) is 12.1. The summed E-state index contributed by atoms with van der Waals surface area (Å²) >= 11 is 16.3. The van der Waals surface area contributed by atoms with E-state index < -0.39 is 11.8 Å². The molecule has 0 spiro atoms. The second-order valence-corrected chi connectivity index (χ2v) is 11.8. The van der Waals surface area contributed by atoms with Gasteiger partial charge < -0.3 is 9.47 Å². The topological polar surface area (TPSA) is 67.9 Å². The summed E-state index contributed by atoms with van der Waals surface area (Å²) in [5.41, 5.74) is 5.47. The Morgan fingerprint density at radius 2 is 1.90 bits per heavy atom. The second-order valence-electron chi connectivity index (χ2n) is 8.90. The highest BCUT2D eigenvalue weighted by Crippen LogP contribution is 2.39. The Labute approximate surface area is 254 Å². The van der Waals surface area contributed by atoms with Gasteiger partial charge in [0.2, 0.25) is 0 Å². The molecule has 10 heteroatoms. The lowest BCUT2D eigenvalue weighted by molar-refractivity contribution is -0.123. The molecule has 1 aliphatic heterocycles. The van der Waals surface area contributed by atoms with Gasteiger partial charge in [0.25, 0.3) is 11.8 Å². The Kier molecular flexibility index (Phi) is 8.46. The number of ether oxygens (including phenoxy) is 2. The molecule has 0 unspecified atom stereocenters. The van der Waals surface area contributed by atoms with E-state index in [1.807, 2.05) is 37.3 Å². The van der Waals surface area contributed by atoms with Gasteiger partial charge in [0.1, 0.15) is 6.61 Å². The standard InChI is InChI=1S/C30H22BrClN2O4S2/c1-17-10-11-22(24(32)12-17)28(35)33-34-29(36)26(40-30(34)39)15-18-13-23(31)27(25(14-18)37-2)38-16-20-8-5-7-19-6-3-4-9-21(19)20/h3-15H,16H2,1-2H3,(H,33,35)/b26-15+. The monoisotopic (exact) mass is 652 g/mol. The summed E-state index contributed by atoms with van der Waals surface area (Å²) in [5, 5.41) is 3.60. The number of rotatable bonds is 7. The van der Waals surface area contributed by atoms with Crippen molar-refractivity contribution in [3.63, 3.8) is 0 Å². The fraction of sp³-hybridized carbons (Fsp3) is 0.100. The van der Waals surface area contributed by atoms with Crippen LogP contribution in [0.25, 0.3) is 16.8 Å². The molecule has 2 amide bonds. The summed E-state index contributed by atoms with van der Waals surface area (Å²) in [7, 11) is 1.56. The molecule has 0 aromatic heterocycles. The lowest BCUT2D eigenvalue weighted by atomic mass is 10.1. The van der Waals surface area contributed by atoms with E-state index >= 15 is 0 Å². The first kappa shape index (κ1) is 28.2. The predicted molar refractivity (Wildman–Crippen MR) is 168 cm³/mol. The Morgan fingerprint density at radius 1 is 1.12 bits per heavy atom. The van der Waals surface area contributed by atoms with Crippen molar-refractivity contribution in [2.24, 2.45) is 0 Å². The molecular weight excluding hydrogens is 632 g/mol. The van der Waals surface area contributed by atoms with Crippen LogP contribution in [-0.2, 0) is 11.4 Å². The van der Waals surface area contributed by atoms with Crippen molar-refractivity contribution < 1.29 is 19.1 Å². The van der Waals surface area contributed by atoms with Gasteiger partial charge in [-0.3, -0.25) is 15.0 Å². The van der Waals surface area contributed by atoms with Crippen LogP contribution in [-0.4, -0.2) is 28.3 Å². The van der Waals surface area contributed by atoms with Crippen LogP contribution in [0.4, 0.5) is 0 Å². The number of hydrogen-bond acceptors (Lipinski definition) is 6. The lowest BCUT2D eigenvalue weighted by Crippen LogP contribution is -2.44. The zero-order valence-electron chi connectivity index (χ0n) is 21.4. The third-order valence-corrected chi connectivity index (χ3v) is 8.38. The number of methoxy groups -OCH3 is 1. The molecule has 1 saturated heterocycles. The molecule has 1 N–H and O–H groups in total. The number of nitrogens with one attached hydrogen (secondary N) is 1. The molecule has 6 nitrogen and oxygen atoms in total. The van der Waals surface area contributed by atoms with Gasteiger partial charge in [-0.1, -0.05) is 71.9 Å². The minimum absolute atomic E-state index is 0.203. The van der Waals surface area contributed by atoms with Crippen LogP contribution >= 0.6 is 51.5 Å². The summed E-state index contributed by atoms with van der Waals surface area (Å²) in [5.74, 6) is 0.0682. The van der Waals surface area contributed by atoms with E-state index in [1.54, 1.807) is 37.5 Å². The highest BCUT2D eigenvalue weighted by molar-refractivity contribution is 9.10. The van der Waals surface area contributed by atoms with Gasteiger partial charge in [0.05, 0.1) is 27.1 Å². The molecule has 1 aliphatic rings. The van der Waals surface area contributed by atoms with E-state index in [0.29, 0.717) is 33.0 Å². The first-order chi connectivity index (χ1) is 19.2. The summed E-state index contributed by atoms with van der Waals surface area (Å²) in [6.07, 6.45) is 1.69. The molecule has 0 radical (unpaired) electrons. The van der Waals surface area contributed by atoms with Gasteiger partial charge in [-0.25, -0.2) is 0 Å². The van der Waals surface area contributed by atoms with Crippen LogP contribution < -0.4 is 14.9 Å². The number of carbonyl (C=O) groups is 2. The predicted octanol–water partition coefficient (Wildman–Crippen LogP) is 7.70. The number of hydrazine groups is 1. The number of thiocarbonyl (C=S) groups is 1. The van der Waals surface area contributed by atoms with Crippen LogP contribution in [0.3, 0.4) is 0 Å². The molecule has 1 heterocycles. The number of amides is 2. The molecule has 202 valence electrons. The van der Waals surface area contributed by atoms with Crippen molar-refractivity contribution in [2.75, 3.05) is 7.11 Å². The fourth-order valence-corrected chi connectivity index (χ4v) is 6.29. The number of aryl methyl sites for hydroxylation is 1. The van der Waals surface area contributed by atoms with E-state index in [2.05, 4.69) is 39.6 Å². The van der Waals surface area contributed by atoms with Crippen molar-refractivity contribution >= 4 is 84.5 Å². The zero-order chi connectivity index (χ0) is 28.4. The van der Waals surface area contributed by atoms with E-state index in [-0.39, 0.29) is 14.9 Å². The van der Waals surface area contributed by atoms with Crippen LogP contribution in [0.5, 0.6) is 11.5 Å². The molecule has 0 bridgehead atoms. The van der Waals surface area contributed by atoms with Crippen LogP contribution in [0.15, 0.2) is 82.2 Å². The average molecular weight is 654 g/mol. The van der Waals surface area contributed by atoms with Crippen molar-refractivity contribution in [1.29, 1.82) is 0 Å². The molecule has 0 atom stereocenters. The number of halogens is 2. The molecule has 4 aromatic carbocycles. The summed E-state index contributed by atoms with van der Waals surface area (Å²) in [6.45, 7) is 2.22. The van der Waals surface area contributed by atoms with Gasteiger partial charge in [-0.15, -0.1) is 0 Å². The van der Waals surface area contributed by atoms with Crippen LogP contribution in [0.2, 0.25) is 5.02 Å². The quantitative estimate of drug-likeness (QED) is 0.163. The molecule has 0 aliphatic carbocycles. The zero-order valence-corrected chi connectivity index (χ0v) is 25.3. The maximum absolute atomic E-state index is 13.1. The van der Waals surface area contributed by atoms with Gasteiger partial charge >= 0.3 is 0 Å². The van der Waals surface area contributed by atoms with E-state index in [1.165, 1.54) is 0 Å². The maximum atomic E-state index is 13.1. The van der Waals surface area contributed by atoms with Crippen LogP contribution in [0.1, 0.15) is 27.0 Å². The number of benzene rings is 4. The average Bonchev–Trinajstić information content (AvgIpc) is 3.19. The summed E-state index contributed by atoms with van der Waals surface area (Å²) in [4.78, 5) is 26.3. The van der Waals surface area contributed by atoms with Gasteiger partial charge in [0, 0.05) is 0 Å². The number of fused-ring (bicyclic) bond motifs is 1. The number of thioether (sulfide) groups is 1. The molecule has 40 heavy (non-hydrogen) atoms. The highest BCUT2D eigenvalue weighted by atomic mass is 79.9. The van der Waals surface area contributed by atoms with Gasteiger partial charge in [-0.2, -0.15) is 5.01 Å². The first-order valence-corrected chi connectivity index (χ1v) is 14.5. The fourth-order valence-electron chi connectivity index (χ4n) is 4.21. The van der Waals surface area contributed by atoms with Gasteiger partial charge in [0.15, 0.2) is 15.8 Å². The molecular formula is C30H22BrClN2O4S2. The Morgan fingerprint density at radius 3 is 2.67 bits per heavy atom. The highest BCUT2D eigenvalue weighted by Gasteiger charge is 2.34. The third-order valence-electron chi connectivity index (χ3n) is 6.18. The Balaban J connectivity index is 1.34. The number of hydrogen-bond donors (Lipinski definition) is 1. The van der Waals surface area contributed by atoms with E-state index in [0.717, 1.165) is 38.7 Å². The second kappa shape index (κ2) is 12.0. The van der Waals surface area contributed by atoms with Crippen molar-refractivity contribution in [3.8, 4) is 11.5 Å². The minimum atomic E-state index is -0.528. The largest absolute Gasteiger partial charge is 0.493 e. The maximum Gasteiger partial charge on any atom is 0.285 e. The Hall–Kier alpha value is -3.37. The molecule has 0 saturated carbocycles. The lowest BCUT2D eigenvalue weighted by Gasteiger charge is -2.16. The summed E-state index contributed by atoms with van der Waals surface area (Å²) < 4.78 is 12.7. The van der Waals surface area contributed by atoms with Crippen molar-refractivity contribution in [1.82, 2.24) is 10.4 Å². The normalized spacial score (nSPS) is 14.2. The van der Waals surface area contributed by atoms with E-state index in [4.69, 9.17) is 33.3 Å². The number of nitrogens with zero attached hydrogens (tertiary/aromatic N) is 1. The van der Waals surface area contributed by atoms with E-state index in [9.17, 15) is 9.59 Å². The molecule has 4 aromatic rings. The smallest absolute Gasteiger partial charge is 0.285 e. The van der Waals surface area contributed by atoms with Crippen LogP contribution in [0, 0.1) is 6.92 Å². The SMILES string of the molecule is COc1cc(/C=C2/SC(=S)N(NC(=O)c3ccc(C)cc3Cl)C2=O)cc(Br)c1OCc1cccc2ccccc12. The minimum Gasteiger partial charge on any atom is -0.493 e. The number of carbonyl (C=O) groups excluding carboxylic acids is 2.